The highest BCUT2D eigenvalue weighted by atomic mass is 32.1. The Hall–Kier alpha value is -2.47. The van der Waals surface area contributed by atoms with Gasteiger partial charge in [-0.15, -0.1) is 11.3 Å². The molecule has 0 aliphatic carbocycles. The van der Waals surface area contributed by atoms with Gasteiger partial charge in [-0.1, -0.05) is 17.7 Å². The summed E-state index contributed by atoms with van der Waals surface area (Å²) >= 11 is 1.42. The Balaban J connectivity index is 1.87. The van der Waals surface area contributed by atoms with Gasteiger partial charge in [0.05, 0.1) is 5.69 Å². The summed E-state index contributed by atoms with van der Waals surface area (Å²) in [6.45, 7) is 6.26. The first-order chi connectivity index (χ1) is 11.0. The Labute approximate surface area is 139 Å². The first-order valence-corrected chi connectivity index (χ1v) is 8.17. The van der Waals surface area contributed by atoms with Gasteiger partial charge in [-0.3, -0.25) is 14.8 Å². The van der Waals surface area contributed by atoms with Gasteiger partial charge in [-0.25, -0.2) is 4.98 Å². The second kappa shape index (κ2) is 5.96. The van der Waals surface area contributed by atoms with E-state index in [0.29, 0.717) is 10.8 Å². The predicted molar refractivity (Wildman–Crippen MR) is 92.9 cm³/mol. The second-order valence-corrected chi connectivity index (χ2v) is 6.46. The van der Waals surface area contributed by atoms with Crippen molar-refractivity contribution in [2.75, 3.05) is 5.32 Å². The molecule has 0 atom stereocenters. The molecule has 0 saturated heterocycles. The average Bonchev–Trinajstić information content (AvgIpc) is 3.07. The van der Waals surface area contributed by atoms with Gasteiger partial charge in [0.2, 0.25) is 0 Å². The van der Waals surface area contributed by atoms with Crippen LogP contribution >= 0.6 is 11.3 Å². The highest BCUT2D eigenvalue weighted by Gasteiger charge is 2.14. The lowest BCUT2D eigenvalue weighted by Crippen LogP contribution is -2.15. The van der Waals surface area contributed by atoms with Gasteiger partial charge in [-0.2, -0.15) is 5.10 Å². The van der Waals surface area contributed by atoms with Crippen LogP contribution in [0.25, 0.3) is 11.3 Å². The van der Waals surface area contributed by atoms with Gasteiger partial charge in [0.25, 0.3) is 5.91 Å². The van der Waals surface area contributed by atoms with Gasteiger partial charge in [0.1, 0.15) is 5.69 Å². The zero-order valence-corrected chi connectivity index (χ0v) is 14.4. The number of hydrogen-bond donors (Lipinski definition) is 1. The Morgan fingerprint density at radius 2 is 1.91 bits per heavy atom. The predicted octanol–water partition coefficient (Wildman–Crippen LogP) is 3.72. The Kier molecular flexibility index (Phi) is 4.00. The van der Waals surface area contributed by atoms with Crippen LogP contribution in [0.2, 0.25) is 0 Å². The molecule has 0 unspecified atom stereocenters. The molecular formula is C17H18N4OS. The quantitative estimate of drug-likeness (QED) is 0.798. The molecule has 0 spiro atoms. The lowest BCUT2D eigenvalue weighted by atomic mass is 9.98. The molecule has 0 fully saturated rings. The summed E-state index contributed by atoms with van der Waals surface area (Å²) in [6.07, 6.45) is 1.60. The van der Waals surface area contributed by atoms with Crippen molar-refractivity contribution in [2.45, 2.75) is 20.8 Å². The minimum Gasteiger partial charge on any atom is -0.296 e. The molecule has 2 heterocycles. The number of nitrogens with one attached hydrogen (secondary N) is 1. The topological polar surface area (TPSA) is 59.8 Å². The number of rotatable bonds is 3. The van der Waals surface area contributed by atoms with Crippen molar-refractivity contribution < 1.29 is 4.79 Å². The minimum atomic E-state index is -0.205. The number of benzene rings is 1. The van der Waals surface area contributed by atoms with E-state index >= 15 is 0 Å². The first kappa shape index (κ1) is 15.4. The first-order valence-electron chi connectivity index (χ1n) is 7.29. The largest absolute Gasteiger partial charge is 0.296 e. The molecule has 3 rings (SSSR count). The zero-order chi connectivity index (χ0) is 16.6. The van der Waals surface area contributed by atoms with Crippen LogP contribution in [0.5, 0.6) is 0 Å². The monoisotopic (exact) mass is 326 g/mol. The summed E-state index contributed by atoms with van der Waals surface area (Å²) in [5.41, 5.74) is 6.15. The molecule has 1 amide bonds. The van der Waals surface area contributed by atoms with Crippen molar-refractivity contribution in [3.8, 4) is 11.3 Å². The van der Waals surface area contributed by atoms with Crippen LogP contribution < -0.4 is 5.32 Å². The fourth-order valence-corrected chi connectivity index (χ4v) is 3.48. The molecule has 5 nitrogen and oxygen atoms in total. The third kappa shape index (κ3) is 3.03. The van der Waals surface area contributed by atoms with Crippen LogP contribution in [0.15, 0.2) is 29.8 Å². The summed E-state index contributed by atoms with van der Waals surface area (Å²) in [5, 5.41) is 9.40. The van der Waals surface area contributed by atoms with Crippen LogP contribution in [0.3, 0.4) is 0 Å². The number of aryl methyl sites for hydroxylation is 4. The van der Waals surface area contributed by atoms with E-state index in [-0.39, 0.29) is 5.91 Å². The maximum atomic E-state index is 12.2. The Morgan fingerprint density at radius 3 is 2.52 bits per heavy atom. The average molecular weight is 326 g/mol. The van der Waals surface area contributed by atoms with E-state index in [1.165, 1.54) is 32.7 Å². The molecule has 3 aromatic rings. The normalized spacial score (nSPS) is 10.8. The number of amides is 1. The van der Waals surface area contributed by atoms with Gasteiger partial charge in [-0.05, 0) is 38.0 Å². The molecule has 0 bridgehead atoms. The Bertz CT molecular complexity index is 855. The third-order valence-corrected chi connectivity index (χ3v) is 4.47. The number of carbonyl (C=O) groups is 1. The van der Waals surface area contributed by atoms with Crippen molar-refractivity contribution in [3.05, 3.63) is 52.2 Å². The number of nitrogens with zero attached hydrogens (tertiary/aromatic N) is 3. The molecule has 0 aliphatic rings. The van der Waals surface area contributed by atoms with Crippen LogP contribution in [0, 0.1) is 20.8 Å². The van der Waals surface area contributed by atoms with Gasteiger partial charge < -0.3 is 0 Å². The summed E-state index contributed by atoms with van der Waals surface area (Å²) in [4.78, 5) is 16.8. The number of aromatic nitrogens is 3. The van der Waals surface area contributed by atoms with Crippen molar-refractivity contribution in [3.63, 3.8) is 0 Å². The SMILES string of the molecule is Cc1cc(C)c(-c2csc(NC(=O)c3ccnn3C)n2)c(C)c1. The van der Waals surface area contributed by atoms with Crippen molar-refractivity contribution in [1.29, 1.82) is 0 Å². The van der Waals surface area contributed by atoms with E-state index < -0.39 is 0 Å². The maximum Gasteiger partial charge on any atom is 0.275 e. The molecule has 1 N–H and O–H groups in total. The van der Waals surface area contributed by atoms with E-state index in [1.807, 2.05) is 5.38 Å². The summed E-state index contributed by atoms with van der Waals surface area (Å²) in [6, 6.07) is 5.98. The third-order valence-electron chi connectivity index (χ3n) is 3.71. The molecule has 0 aliphatic heterocycles. The summed E-state index contributed by atoms with van der Waals surface area (Å²) < 4.78 is 1.54. The summed E-state index contributed by atoms with van der Waals surface area (Å²) in [5.74, 6) is -0.205. The van der Waals surface area contributed by atoms with Crippen LogP contribution in [-0.2, 0) is 7.05 Å². The minimum absolute atomic E-state index is 0.205. The lowest BCUT2D eigenvalue weighted by Gasteiger charge is -2.08. The highest BCUT2D eigenvalue weighted by Crippen LogP contribution is 2.31. The number of thiazole rings is 1. The van der Waals surface area contributed by atoms with E-state index in [0.717, 1.165) is 11.3 Å². The molecule has 6 heteroatoms. The van der Waals surface area contributed by atoms with Gasteiger partial charge in [0, 0.05) is 24.2 Å². The lowest BCUT2D eigenvalue weighted by molar-refractivity contribution is 0.101. The molecule has 2 aromatic heterocycles. The molecule has 118 valence electrons. The smallest absolute Gasteiger partial charge is 0.275 e. The highest BCUT2D eigenvalue weighted by molar-refractivity contribution is 7.14. The summed E-state index contributed by atoms with van der Waals surface area (Å²) in [7, 11) is 1.74. The molecule has 0 radical (unpaired) electrons. The Morgan fingerprint density at radius 1 is 1.22 bits per heavy atom. The molecule has 0 saturated carbocycles. The standard InChI is InChI=1S/C17H18N4OS/c1-10-7-11(2)15(12(3)8-10)13-9-23-17(19-13)20-16(22)14-5-6-18-21(14)4/h5-9H,1-4H3,(H,19,20,22). The van der Waals surface area contributed by atoms with Crippen LogP contribution in [0.4, 0.5) is 5.13 Å². The van der Waals surface area contributed by atoms with E-state index in [9.17, 15) is 4.79 Å². The molecular weight excluding hydrogens is 308 g/mol. The number of anilines is 1. The van der Waals surface area contributed by atoms with E-state index in [1.54, 1.807) is 19.3 Å². The zero-order valence-electron chi connectivity index (χ0n) is 13.5. The maximum absolute atomic E-state index is 12.2. The molecule has 1 aromatic carbocycles. The van der Waals surface area contributed by atoms with Crippen molar-refractivity contribution in [1.82, 2.24) is 14.8 Å². The van der Waals surface area contributed by atoms with E-state index in [4.69, 9.17) is 0 Å². The van der Waals surface area contributed by atoms with E-state index in [2.05, 4.69) is 48.3 Å². The van der Waals surface area contributed by atoms with Crippen molar-refractivity contribution >= 4 is 22.4 Å². The second-order valence-electron chi connectivity index (χ2n) is 5.61. The number of carbonyl (C=O) groups excluding carboxylic acids is 1. The van der Waals surface area contributed by atoms with Gasteiger partial charge in [0.15, 0.2) is 5.13 Å². The fourth-order valence-electron chi connectivity index (χ4n) is 2.79. The fraction of sp³-hybridized carbons (Fsp3) is 0.235. The number of hydrogen-bond acceptors (Lipinski definition) is 4. The molecule has 23 heavy (non-hydrogen) atoms. The van der Waals surface area contributed by atoms with Crippen LogP contribution in [-0.4, -0.2) is 20.7 Å². The van der Waals surface area contributed by atoms with Crippen molar-refractivity contribution in [2.24, 2.45) is 7.05 Å². The van der Waals surface area contributed by atoms with Gasteiger partial charge >= 0.3 is 0 Å². The van der Waals surface area contributed by atoms with Crippen LogP contribution in [0.1, 0.15) is 27.2 Å².